The molecule has 0 unspecified atom stereocenters. The smallest absolute Gasteiger partial charge is 0.258 e. The van der Waals surface area contributed by atoms with Crippen molar-refractivity contribution in [2.75, 3.05) is 26.3 Å². The van der Waals surface area contributed by atoms with Crippen LogP contribution in [0.1, 0.15) is 39.1 Å². The Kier molecular flexibility index (Phi) is 6.83. The lowest BCUT2D eigenvalue weighted by atomic mass is 10.1. The quantitative estimate of drug-likeness (QED) is 0.477. The maximum absolute atomic E-state index is 13.5. The van der Waals surface area contributed by atoms with Crippen LogP contribution < -0.4 is 24.8 Å². The fraction of sp³-hybridized carbons (Fsp3) is 0.345. The summed E-state index contributed by atoms with van der Waals surface area (Å²) in [6.45, 7) is 1.30. The van der Waals surface area contributed by atoms with Gasteiger partial charge in [-0.3, -0.25) is 14.4 Å². The molecule has 0 radical (unpaired) electrons. The second kappa shape index (κ2) is 10.7. The first-order valence-corrected chi connectivity index (χ1v) is 13.2. The lowest BCUT2D eigenvalue weighted by molar-refractivity contribution is -0.123. The number of carbonyl (C=O) groups excluding carboxylic acids is 3. The summed E-state index contributed by atoms with van der Waals surface area (Å²) < 4.78 is 18.0. The molecule has 10 nitrogen and oxygen atoms in total. The van der Waals surface area contributed by atoms with E-state index in [4.69, 9.17) is 14.2 Å². The number of hydrogen-bond acceptors (Lipinski definition) is 6. The Labute approximate surface area is 225 Å². The number of hydrogen-bond donors (Lipinski definition) is 3. The molecule has 4 bridgehead atoms. The summed E-state index contributed by atoms with van der Waals surface area (Å²) in [6.07, 6.45) is 5.15. The van der Waals surface area contributed by atoms with Crippen LogP contribution >= 0.6 is 0 Å². The topological polar surface area (TPSA) is 122 Å². The Morgan fingerprint density at radius 1 is 1.03 bits per heavy atom. The van der Waals surface area contributed by atoms with Gasteiger partial charge < -0.3 is 34.7 Å². The molecule has 2 atom stereocenters. The Morgan fingerprint density at radius 3 is 2.64 bits per heavy atom. The zero-order valence-corrected chi connectivity index (χ0v) is 21.4. The van der Waals surface area contributed by atoms with Crippen molar-refractivity contribution in [1.82, 2.24) is 20.5 Å². The van der Waals surface area contributed by atoms with E-state index >= 15 is 0 Å². The molecule has 2 aromatic carbocycles. The van der Waals surface area contributed by atoms with E-state index in [0.29, 0.717) is 54.0 Å². The van der Waals surface area contributed by atoms with Crippen molar-refractivity contribution in [3.05, 3.63) is 77.6 Å². The van der Waals surface area contributed by atoms with Gasteiger partial charge in [0, 0.05) is 37.1 Å². The third-order valence-corrected chi connectivity index (χ3v) is 7.11. The molecule has 10 heteroatoms. The van der Waals surface area contributed by atoms with Gasteiger partial charge in [-0.15, -0.1) is 0 Å². The fourth-order valence-electron chi connectivity index (χ4n) is 4.72. The maximum atomic E-state index is 13.5. The van der Waals surface area contributed by atoms with Gasteiger partial charge in [0.15, 0.2) is 6.61 Å². The van der Waals surface area contributed by atoms with Gasteiger partial charge in [0.05, 0.1) is 24.8 Å². The molecule has 3 N–H and O–H groups in total. The maximum Gasteiger partial charge on any atom is 0.258 e. The number of aromatic nitrogens is 1. The molecule has 2 fully saturated rings. The third kappa shape index (κ3) is 6.00. The van der Waals surface area contributed by atoms with Gasteiger partial charge in [-0.25, -0.2) is 0 Å². The van der Waals surface area contributed by atoms with E-state index in [-0.39, 0.29) is 30.9 Å². The number of H-pyrrole nitrogens is 1. The summed E-state index contributed by atoms with van der Waals surface area (Å²) >= 11 is 0. The number of benzene rings is 2. The number of rotatable bonds is 4. The van der Waals surface area contributed by atoms with Gasteiger partial charge in [-0.2, -0.15) is 0 Å². The molecule has 1 aromatic heterocycles. The van der Waals surface area contributed by atoms with Gasteiger partial charge in [-0.1, -0.05) is 12.1 Å². The molecular formula is C29H30N4O6. The summed E-state index contributed by atoms with van der Waals surface area (Å²) in [4.78, 5) is 43.6. The number of fused-ring (bicyclic) bond motifs is 7. The number of ether oxygens (including phenoxy) is 3. The highest BCUT2D eigenvalue weighted by Gasteiger charge is 2.38. The molecule has 202 valence electrons. The van der Waals surface area contributed by atoms with Crippen molar-refractivity contribution in [1.29, 1.82) is 0 Å². The van der Waals surface area contributed by atoms with Crippen molar-refractivity contribution in [2.24, 2.45) is 5.92 Å². The fourth-order valence-corrected chi connectivity index (χ4v) is 4.72. The summed E-state index contributed by atoms with van der Waals surface area (Å²) in [5.41, 5.74) is 1.78. The number of carbonyl (C=O) groups is 3. The van der Waals surface area contributed by atoms with Crippen LogP contribution in [0.25, 0.3) is 0 Å². The van der Waals surface area contributed by atoms with E-state index in [1.54, 1.807) is 41.6 Å². The van der Waals surface area contributed by atoms with E-state index < -0.39 is 12.1 Å². The molecule has 4 heterocycles. The van der Waals surface area contributed by atoms with E-state index in [1.807, 2.05) is 24.3 Å². The molecular weight excluding hydrogens is 500 g/mol. The van der Waals surface area contributed by atoms with Crippen LogP contribution in [0.4, 0.5) is 0 Å². The van der Waals surface area contributed by atoms with E-state index in [9.17, 15) is 14.4 Å². The lowest BCUT2D eigenvalue weighted by Gasteiger charge is -2.21. The molecule has 39 heavy (non-hydrogen) atoms. The van der Waals surface area contributed by atoms with Gasteiger partial charge in [0.2, 0.25) is 0 Å². The van der Waals surface area contributed by atoms with Crippen molar-refractivity contribution in [2.45, 2.75) is 31.5 Å². The first-order chi connectivity index (χ1) is 19.0. The average Bonchev–Trinajstić information content (AvgIpc) is 3.45. The minimum atomic E-state index is -0.469. The van der Waals surface area contributed by atoms with E-state index in [0.717, 1.165) is 18.4 Å². The van der Waals surface area contributed by atoms with Crippen LogP contribution in [-0.2, 0) is 11.3 Å². The second-order valence-electron chi connectivity index (χ2n) is 10.2. The largest absolute Gasteiger partial charge is 0.493 e. The number of amides is 3. The predicted octanol–water partition coefficient (Wildman–Crippen LogP) is 2.51. The van der Waals surface area contributed by atoms with Crippen LogP contribution in [-0.4, -0.2) is 66.1 Å². The molecule has 0 spiro atoms. The molecule has 3 aliphatic heterocycles. The number of likely N-dealkylation sites (tertiary alicyclic amines) is 1. The zero-order valence-electron chi connectivity index (χ0n) is 21.4. The Bertz CT molecular complexity index is 1350. The highest BCUT2D eigenvalue weighted by atomic mass is 16.5. The van der Waals surface area contributed by atoms with Gasteiger partial charge in [0.25, 0.3) is 17.7 Å². The number of aromatic amines is 1. The first kappa shape index (κ1) is 24.8. The average molecular weight is 531 g/mol. The Balaban J connectivity index is 1.29. The third-order valence-electron chi connectivity index (χ3n) is 7.11. The lowest BCUT2D eigenvalue weighted by Crippen LogP contribution is -2.45. The van der Waals surface area contributed by atoms with Crippen molar-refractivity contribution < 1.29 is 28.6 Å². The normalized spacial score (nSPS) is 21.2. The molecule has 4 aliphatic rings. The summed E-state index contributed by atoms with van der Waals surface area (Å²) in [5, 5.41) is 5.90. The monoisotopic (exact) mass is 530 g/mol. The SMILES string of the molecule is O=C1COc2cc(OCC3CC3)cc(c2)C(=O)N[C@H]2CN(C(=O)c3cc[nH]c3)C[C@@H]2Oc2ccc(cc2)CN1. The molecule has 3 amide bonds. The minimum absolute atomic E-state index is 0.138. The van der Waals surface area contributed by atoms with Crippen molar-refractivity contribution in [3.8, 4) is 17.2 Å². The van der Waals surface area contributed by atoms with Crippen molar-refractivity contribution in [3.63, 3.8) is 0 Å². The minimum Gasteiger partial charge on any atom is -0.493 e. The summed E-state index contributed by atoms with van der Waals surface area (Å²) in [7, 11) is 0. The highest BCUT2D eigenvalue weighted by molar-refractivity contribution is 5.96. The summed E-state index contributed by atoms with van der Waals surface area (Å²) in [5.74, 6) is 1.23. The van der Waals surface area contributed by atoms with Crippen LogP contribution in [0.15, 0.2) is 60.9 Å². The van der Waals surface area contributed by atoms with Crippen LogP contribution in [0.2, 0.25) is 0 Å². The predicted molar refractivity (Wildman–Crippen MR) is 141 cm³/mol. The molecule has 7 rings (SSSR count). The van der Waals surface area contributed by atoms with Crippen LogP contribution in [0.3, 0.4) is 0 Å². The first-order valence-electron chi connectivity index (χ1n) is 13.2. The summed E-state index contributed by atoms with van der Waals surface area (Å²) in [6, 6.07) is 13.6. The van der Waals surface area contributed by atoms with Gasteiger partial charge in [0.1, 0.15) is 23.4 Å². The zero-order chi connectivity index (χ0) is 26.8. The van der Waals surface area contributed by atoms with Gasteiger partial charge in [-0.05, 0) is 54.7 Å². The second-order valence-corrected chi connectivity index (χ2v) is 10.2. The van der Waals surface area contributed by atoms with E-state index in [1.165, 1.54) is 0 Å². The Morgan fingerprint density at radius 2 is 1.87 bits per heavy atom. The highest BCUT2D eigenvalue weighted by Crippen LogP contribution is 2.31. The molecule has 1 aliphatic carbocycles. The number of nitrogens with one attached hydrogen (secondary N) is 3. The van der Waals surface area contributed by atoms with Crippen LogP contribution in [0.5, 0.6) is 17.2 Å². The van der Waals surface area contributed by atoms with Crippen LogP contribution in [0, 0.1) is 5.92 Å². The molecule has 1 saturated heterocycles. The Hall–Kier alpha value is -4.47. The standard InChI is InChI=1S/C29H30N4O6/c34-27-17-38-24-10-21(9-23(11-24)37-16-19-1-2-19)28(35)32-25-14-33(29(36)20-7-8-30-13-20)15-26(25)39-22-5-3-18(4-6-22)12-31-27/h3-11,13,19,25-26,30H,1-2,12,14-17H2,(H,31,34)(H,32,35)/t25-,26-/m0/s1. The van der Waals surface area contributed by atoms with Crippen molar-refractivity contribution >= 4 is 17.7 Å². The molecule has 3 aromatic rings. The molecule has 1 saturated carbocycles. The van der Waals surface area contributed by atoms with Gasteiger partial charge >= 0.3 is 0 Å². The van der Waals surface area contributed by atoms with E-state index in [2.05, 4.69) is 15.6 Å². The number of nitrogens with zero attached hydrogens (tertiary/aromatic N) is 1.